The highest BCUT2D eigenvalue weighted by atomic mass is 16.3. The molecule has 110 valence electrons. The van der Waals surface area contributed by atoms with Crippen LogP contribution in [-0.4, -0.2) is 22.0 Å². The smallest absolute Gasteiger partial charge is 0.237 e. The van der Waals surface area contributed by atoms with E-state index in [9.17, 15) is 9.90 Å². The number of carbonyl (C=O) groups is 1. The van der Waals surface area contributed by atoms with Gasteiger partial charge in [-0.25, -0.2) is 0 Å². The van der Waals surface area contributed by atoms with Crippen LogP contribution in [0.2, 0.25) is 0 Å². The van der Waals surface area contributed by atoms with Gasteiger partial charge < -0.3 is 16.2 Å². The molecule has 0 saturated heterocycles. The topological polar surface area (TPSA) is 88.2 Å². The Morgan fingerprint density at radius 3 is 2.71 bits per heavy atom. The number of hydrogen-bond donors (Lipinski definition) is 3. The maximum atomic E-state index is 12.0. The Hall–Kier alpha value is -2.40. The number of pyridine rings is 1. The van der Waals surface area contributed by atoms with Crippen LogP contribution in [0.15, 0.2) is 42.7 Å². The maximum absolute atomic E-state index is 12.0. The van der Waals surface area contributed by atoms with Crippen LogP contribution in [0.3, 0.4) is 0 Å². The fourth-order valence-electron chi connectivity index (χ4n) is 1.97. The molecular formula is C16H19N3O2. The van der Waals surface area contributed by atoms with Gasteiger partial charge in [-0.2, -0.15) is 0 Å². The van der Waals surface area contributed by atoms with Gasteiger partial charge in [0.1, 0.15) is 5.75 Å². The van der Waals surface area contributed by atoms with Gasteiger partial charge >= 0.3 is 0 Å². The van der Waals surface area contributed by atoms with Crippen molar-refractivity contribution >= 4 is 5.91 Å². The fraction of sp³-hybridized carbons (Fsp3) is 0.250. The molecule has 0 aliphatic rings. The number of amides is 1. The molecule has 0 radical (unpaired) electrons. The number of nitrogens with one attached hydrogen (secondary N) is 1. The zero-order valence-corrected chi connectivity index (χ0v) is 11.9. The van der Waals surface area contributed by atoms with Crippen LogP contribution >= 0.6 is 0 Å². The molecule has 0 spiro atoms. The molecule has 1 aromatic carbocycles. The lowest BCUT2D eigenvalue weighted by Crippen LogP contribution is -2.41. The molecule has 0 saturated carbocycles. The molecular weight excluding hydrogens is 266 g/mol. The van der Waals surface area contributed by atoms with E-state index in [-0.39, 0.29) is 11.7 Å². The first-order valence-electron chi connectivity index (χ1n) is 6.77. The first kappa shape index (κ1) is 15.0. The summed E-state index contributed by atoms with van der Waals surface area (Å²) in [5.74, 6) is -0.00449. The maximum Gasteiger partial charge on any atom is 0.237 e. The Kier molecular flexibility index (Phi) is 4.90. The second kappa shape index (κ2) is 6.85. The summed E-state index contributed by atoms with van der Waals surface area (Å²) < 4.78 is 0. The van der Waals surface area contributed by atoms with Gasteiger partial charge in [0.2, 0.25) is 5.91 Å². The molecule has 0 bridgehead atoms. The number of carbonyl (C=O) groups excluding carboxylic acids is 1. The molecule has 2 rings (SSSR count). The first-order chi connectivity index (χ1) is 10.1. The number of aryl methyl sites for hydroxylation is 1. The third kappa shape index (κ3) is 4.29. The van der Waals surface area contributed by atoms with Crippen molar-refractivity contribution in [3.63, 3.8) is 0 Å². The summed E-state index contributed by atoms with van der Waals surface area (Å²) in [7, 11) is 0. The molecule has 0 aliphatic carbocycles. The van der Waals surface area contributed by atoms with E-state index in [0.29, 0.717) is 13.0 Å². The number of aromatic hydroxyl groups is 1. The molecule has 0 fully saturated rings. The van der Waals surface area contributed by atoms with Crippen molar-refractivity contribution in [2.75, 3.05) is 0 Å². The zero-order valence-electron chi connectivity index (χ0n) is 11.9. The highest BCUT2D eigenvalue weighted by Crippen LogP contribution is 2.11. The van der Waals surface area contributed by atoms with E-state index in [1.54, 1.807) is 36.7 Å². The van der Waals surface area contributed by atoms with E-state index in [1.165, 1.54) is 0 Å². The molecule has 1 heterocycles. The normalized spacial score (nSPS) is 11.9. The van der Waals surface area contributed by atoms with Crippen molar-refractivity contribution in [2.24, 2.45) is 5.73 Å². The van der Waals surface area contributed by atoms with Crippen molar-refractivity contribution in [1.82, 2.24) is 10.3 Å². The fourth-order valence-corrected chi connectivity index (χ4v) is 1.97. The Morgan fingerprint density at radius 2 is 2.05 bits per heavy atom. The highest BCUT2D eigenvalue weighted by Gasteiger charge is 2.14. The quantitative estimate of drug-likeness (QED) is 0.772. The molecule has 4 N–H and O–H groups in total. The van der Waals surface area contributed by atoms with Crippen LogP contribution in [0.25, 0.3) is 0 Å². The third-order valence-electron chi connectivity index (χ3n) is 3.33. The second-order valence-corrected chi connectivity index (χ2v) is 5.00. The number of nitrogens with zero attached hydrogens (tertiary/aromatic N) is 1. The number of benzene rings is 1. The molecule has 1 atom stereocenters. The predicted molar refractivity (Wildman–Crippen MR) is 80.6 cm³/mol. The Labute approximate surface area is 123 Å². The van der Waals surface area contributed by atoms with Gasteiger partial charge in [0, 0.05) is 18.9 Å². The molecule has 21 heavy (non-hydrogen) atoms. The number of rotatable bonds is 5. The number of hydrogen-bond acceptors (Lipinski definition) is 4. The minimum Gasteiger partial charge on any atom is -0.508 e. The highest BCUT2D eigenvalue weighted by molar-refractivity contribution is 5.81. The predicted octanol–water partition coefficient (Wildman–Crippen LogP) is 1.28. The number of nitrogens with two attached hydrogens (primary N) is 1. The molecule has 0 unspecified atom stereocenters. The van der Waals surface area contributed by atoms with E-state index in [0.717, 1.165) is 16.7 Å². The molecule has 0 aliphatic heterocycles. The molecule has 2 aromatic rings. The van der Waals surface area contributed by atoms with Crippen molar-refractivity contribution in [2.45, 2.75) is 25.9 Å². The summed E-state index contributed by atoms with van der Waals surface area (Å²) >= 11 is 0. The lowest BCUT2D eigenvalue weighted by molar-refractivity contribution is -0.122. The average molecular weight is 285 g/mol. The van der Waals surface area contributed by atoms with E-state index in [4.69, 9.17) is 5.73 Å². The van der Waals surface area contributed by atoms with E-state index in [2.05, 4.69) is 10.3 Å². The Morgan fingerprint density at radius 1 is 1.33 bits per heavy atom. The number of phenolic OH excluding ortho intramolecular Hbond substituents is 1. The standard InChI is InChI=1S/C16H19N3O2/c1-11-6-7-18-9-13(11)10-19-16(21)15(17)8-12-2-4-14(20)5-3-12/h2-7,9,15,20H,8,10,17H2,1H3,(H,19,21)/t15-/m0/s1. The van der Waals surface area contributed by atoms with Crippen molar-refractivity contribution < 1.29 is 9.90 Å². The third-order valence-corrected chi connectivity index (χ3v) is 3.33. The van der Waals surface area contributed by atoms with Gasteiger partial charge in [0.25, 0.3) is 0 Å². The lowest BCUT2D eigenvalue weighted by Gasteiger charge is -2.13. The molecule has 5 nitrogen and oxygen atoms in total. The van der Waals surface area contributed by atoms with E-state index < -0.39 is 6.04 Å². The van der Waals surface area contributed by atoms with Gasteiger partial charge in [-0.3, -0.25) is 9.78 Å². The minimum absolute atomic E-state index is 0.198. The minimum atomic E-state index is -0.619. The average Bonchev–Trinajstić information content (AvgIpc) is 2.48. The van der Waals surface area contributed by atoms with Gasteiger partial charge in [-0.05, 0) is 48.2 Å². The van der Waals surface area contributed by atoms with Crippen LogP contribution in [-0.2, 0) is 17.8 Å². The summed E-state index contributed by atoms with van der Waals surface area (Å²) in [6.07, 6.45) is 3.89. The van der Waals surface area contributed by atoms with Gasteiger partial charge in [-0.15, -0.1) is 0 Å². The van der Waals surface area contributed by atoms with Crippen LogP contribution in [0, 0.1) is 6.92 Å². The van der Waals surface area contributed by atoms with Crippen molar-refractivity contribution in [1.29, 1.82) is 0 Å². The largest absolute Gasteiger partial charge is 0.508 e. The Balaban J connectivity index is 1.88. The van der Waals surface area contributed by atoms with Gasteiger partial charge in [-0.1, -0.05) is 12.1 Å². The van der Waals surface area contributed by atoms with E-state index in [1.807, 2.05) is 13.0 Å². The van der Waals surface area contributed by atoms with Crippen LogP contribution in [0.4, 0.5) is 0 Å². The SMILES string of the molecule is Cc1ccncc1CNC(=O)[C@@H](N)Cc1ccc(O)cc1. The van der Waals surface area contributed by atoms with Gasteiger partial charge in [0.15, 0.2) is 0 Å². The second-order valence-electron chi connectivity index (χ2n) is 5.00. The number of phenols is 1. The van der Waals surface area contributed by atoms with Crippen molar-refractivity contribution in [3.8, 4) is 5.75 Å². The first-order valence-corrected chi connectivity index (χ1v) is 6.77. The molecule has 5 heteroatoms. The molecule has 1 aromatic heterocycles. The summed E-state index contributed by atoms with van der Waals surface area (Å²) in [5.41, 5.74) is 8.87. The number of aromatic nitrogens is 1. The summed E-state index contributed by atoms with van der Waals surface area (Å²) in [6, 6.07) is 7.96. The molecule has 1 amide bonds. The summed E-state index contributed by atoms with van der Waals surface area (Å²) in [5, 5.41) is 12.0. The van der Waals surface area contributed by atoms with Crippen LogP contribution < -0.4 is 11.1 Å². The summed E-state index contributed by atoms with van der Waals surface area (Å²) in [4.78, 5) is 16.0. The Bertz CT molecular complexity index is 611. The van der Waals surface area contributed by atoms with E-state index >= 15 is 0 Å². The zero-order chi connectivity index (χ0) is 15.2. The van der Waals surface area contributed by atoms with Gasteiger partial charge in [0.05, 0.1) is 6.04 Å². The van der Waals surface area contributed by atoms with Crippen molar-refractivity contribution in [3.05, 3.63) is 59.4 Å². The summed E-state index contributed by atoms with van der Waals surface area (Å²) in [6.45, 7) is 2.39. The van der Waals surface area contributed by atoms with Crippen LogP contribution in [0.5, 0.6) is 5.75 Å². The monoisotopic (exact) mass is 285 g/mol. The van der Waals surface area contributed by atoms with Crippen LogP contribution in [0.1, 0.15) is 16.7 Å². The lowest BCUT2D eigenvalue weighted by atomic mass is 10.1.